The lowest BCUT2D eigenvalue weighted by Crippen LogP contribution is -2.47. The molecule has 0 aliphatic carbocycles. The van der Waals surface area contributed by atoms with Crippen molar-refractivity contribution in [3.8, 4) is 0 Å². The standard InChI is InChI=1S/C17H36N2O3/c1-4-6-7-8-9-10-11-12-13-14-17(20)18-16(5-2)15(3)19(21)22/h15-16,21-22H,4-14H2,1-3H3,(H,18,20). The maximum atomic E-state index is 11.9. The van der Waals surface area contributed by atoms with Crippen LogP contribution in [0.4, 0.5) is 0 Å². The second-order valence-corrected chi connectivity index (χ2v) is 6.22. The van der Waals surface area contributed by atoms with Gasteiger partial charge in [0.2, 0.25) is 5.91 Å². The van der Waals surface area contributed by atoms with Crippen molar-refractivity contribution < 1.29 is 15.2 Å². The van der Waals surface area contributed by atoms with Crippen LogP contribution in [-0.4, -0.2) is 33.6 Å². The number of nitrogens with one attached hydrogen (secondary N) is 1. The summed E-state index contributed by atoms with van der Waals surface area (Å²) < 4.78 is 0. The average Bonchev–Trinajstić information content (AvgIpc) is 2.50. The van der Waals surface area contributed by atoms with Crippen molar-refractivity contribution >= 4 is 5.91 Å². The molecule has 0 aromatic carbocycles. The first-order valence-electron chi connectivity index (χ1n) is 8.99. The molecule has 0 aliphatic heterocycles. The first-order valence-corrected chi connectivity index (χ1v) is 8.99. The fourth-order valence-electron chi connectivity index (χ4n) is 2.60. The summed E-state index contributed by atoms with van der Waals surface area (Å²) in [5, 5.41) is 21.1. The highest BCUT2D eigenvalue weighted by Crippen LogP contribution is 2.11. The highest BCUT2D eigenvalue weighted by molar-refractivity contribution is 5.76. The van der Waals surface area contributed by atoms with Gasteiger partial charge in [-0.2, -0.15) is 0 Å². The SMILES string of the molecule is CCCCCCCCCCCC(=O)NC(CC)C(C)N(O)O. The Morgan fingerprint density at radius 1 is 0.955 bits per heavy atom. The van der Waals surface area contributed by atoms with Crippen LogP contribution in [-0.2, 0) is 4.79 Å². The van der Waals surface area contributed by atoms with E-state index in [1.807, 2.05) is 6.92 Å². The van der Waals surface area contributed by atoms with Gasteiger partial charge in [-0.05, 0) is 19.8 Å². The van der Waals surface area contributed by atoms with E-state index in [-0.39, 0.29) is 17.2 Å². The number of rotatable bonds is 14. The first kappa shape index (κ1) is 21.4. The van der Waals surface area contributed by atoms with E-state index >= 15 is 0 Å². The van der Waals surface area contributed by atoms with E-state index in [0.29, 0.717) is 12.8 Å². The maximum Gasteiger partial charge on any atom is 0.220 e. The molecule has 2 unspecified atom stereocenters. The van der Waals surface area contributed by atoms with Crippen LogP contribution in [0.5, 0.6) is 0 Å². The molecule has 0 radical (unpaired) electrons. The molecule has 0 fully saturated rings. The van der Waals surface area contributed by atoms with Gasteiger partial charge in [0.15, 0.2) is 0 Å². The van der Waals surface area contributed by atoms with E-state index < -0.39 is 6.04 Å². The lowest BCUT2D eigenvalue weighted by atomic mass is 10.1. The summed E-state index contributed by atoms with van der Waals surface area (Å²) in [5.74, 6) is 0.00324. The molecule has 0 spiro atoms. The third kappa shape index (κ3) is 11.0. The summed E-state index contributed by atoms with van der Waals surface area (Å²) in [7, 11) is 0. The molecular weight excluding hydrogens is 280 g/mol. The fraction of sp³-hybridized carbons (Fsp3) is 0.941. The molecule has 0 aliphatic rings. The van der Waals surface area contributed by atoms with E-state index in [0.717, 1.165) is 12.8 Å². The Hall–Kier alpha value is -0.650. The maximum absolute atomic E-state index is 11.9. The molecule has 132 valence electrons. The van der Waals surface area contributed by atoms with Crippen molar-refractivity contribution in [1.82, 2.24) is 10.5 Å². The summed E-state index contributed by atoms with van der Waals surface area (Å²) in [5.41, 5.74) is 0. The minimum absolute atomic E-state index is 0.00324. The molecule has 0 saturated carbocycles. The van der Waals surface area contributed by atoms with Crippen LogP contribution in [0.1, 0.15) is 91.4 Å². The van der Waals surface area contributed by atoms with E-state index in [2.05, 4.69) is 12.2 Å². The number of carbonyl (C=O) groups is 1. The molecule has 0 bridgehead atoms. The number of amides is 1. The monoisotopic (exact) mass is 316 g/mol. The highest BCUT2D eigenvalue weighted by Gasteiger charge is 2.21. The number of hydroxylamine groups is 2. The fourth-order valence-corrected chi connectivity index (χ4v) is 2.60. The largest absolute Gasteiger partial charge is 0.352 e. The van der Waals surface area contributed by atoms with Crippen LogP contribution >= 0.6 is 0 Å². The smallest absolute Gasteiger partial charge is 0.220 e. The number of unbranched alkanes of at least 4 members (excludes halogenated alkanes) is 8. The van der Waals surface area contributed by atoms with Crippen molar-refractivity contribution in [2.75, 3.05) is 0 Å². The van der Waals surface area contributed by atoms with Crippen molar-refractivity contribution in [2.45, 2.75) is 103 Å². The number of nitrogens with zero attached hydrogens (tertiary/aromatic N) is 1. The quantitative estimate of drug-likeness (QED) is 0.330. The molecular formula is C17H36N2O3. The third-order valence-corrected chi connectivity index (χ3v) is 4.24. The molecule has 0 heterocycles. The Labute approximate surface area is 136 Å². The van der Waals surface area contributed by atoms with Gasteiger partial charge in [-0.15, -0.1) is 0 Å². The summed E-state index contributed by atoms with van der Waals surface area (Å²) in [4.78, 5) is 11.9. The molecule has 3 N–H and O–H groups in total. The Morgan fingerprint density at radius 3 is 1.91 bits per heavy atom. The average molecular weight is 316 g/mol. The van der Waals surface area contributed by atoms with Crippen LogP contribution in [0, 0.1) is 0 Å². The van der Waals surface area contributed by atoms with Crippen LogP contribution in [0.25, 0.3) is 0 Å². The van der Waals surface area contributed by atoms with Gasteiger partial charge >= 0.3 is 0 Å². The van der Waals surface area contributed by atoms with Crippen LogP contribution in [0.3, 0.4) is 0 Å². The summed E-state index contributed by atoms with van der Waals surface area (Å²) in [6.07, 6.45) is 12.3. The zero-order chi connectivity index (χ0) is 16.8. The van der Waals surface area contributed by atoms with Crippen molar-refractivity contribution in [1.29, 1.82) is 0 Å². The van der Waals surface area contributed by atoms with Crippen LogP contribution < -0.4 is 5.32 Å². The Morgan fingerprint density at radius 2 is 1.45 bits per heavy atom. The summed E-state index contributed by atoms with van der Waals surface area (Å²) >= 11 is 0. The van der Waals surface area contributed by atoms with Crippen LogP contribution in [0.2, 0.25) is 0 Å². The molecule has 0 aromatic heterocycles. The van der Waals surface area contributed by atoms with Gasteiger partial charge in [0, 0.05) is 12.5 Å². The predicted octanol–water partition coefficient (Wildman–Crippen LogP) is 4.27. The number of hydrogen-bond donors (Lipinski definition) is 3. The van der Waals surface area contributed by atoms with Gasteiger partial charge in [-0.25, -0.2) is 0 Å². The zero-order valence-corrected chi connectivity index (χ0v) is 14.7. The minimum Gasteiger partial charge on any atom is -0.352 e. The summed E-state index contributed by atoms with van der Waals surface area (Å²) in [6, 6.07) is -0.738. The van der Waals surface area contributed by atoms with Crippen molar-refractivity contribution in [3.63, 3.8) is 0 Å². The number of carbonyl (C=O) groups excluding carboxylic acids is 1. The van der Waals surface area contributed by atoms with Crippen molar-refractivity contribution in [3.05, 3.63) is 0 Å². The molecule has 2 atom stereocenters. The Kier molecular flexibility index (Phi) is 13.6. The van der Waals surface area contributed by atoms with E-state index in [4.69, 9.17) is 10.4 Å². The van der Waals surface area contributed by atoms with Crippen LogP contribution in [0.15, 0.2) is 0 Å². The Balaban J connectivity index is 3.60. The third-order valence-electron chi connectivity index (χ3n) is 4.24. The normalized spacial score (nSPS) is 14.1. The second-order valence-electron chi connectivity index (χ2n) is 6.22. The predicted molar refractivity (Wildman–Crippen MR) is 88.9 cm³/mol. The molecule has 5 heteroatoms. The van der Waals surface area contributed by atoms with E-state index in [1.54, 1.807) is 6.92 Å². The van der Waals surface area contributed by atoms with E-state index in [1.165, 1.54) is 44.9 Å². The lowest BCUT2D eigenvalue weighted by Gasteiger charge is -2.26. The Bertz CT molecular complexity index is 273. The number of hydrogen-bond acceptors (Lipinski definition) is 4. The van der Waals surface area contributed by atoms with Gasteiger partial charge < -0.3 is 5.32 Å². The second kappa shape index (κ2) is 14.0. The molecule has 1 amide bonds. The molecule has 0 rings (SSSR count). The van der Waals surface area contributed by atoms with Gasteiger partial charge in [0.05, 0.1) is 6.04 Å². The van der Waals surface area contributed by atoms with Gasteiger partial charge in [-0.1, -0.05) is 70.4 Å². The molecule has 5 nitrogen and oxygen atoms in total. The topological polar surface area (TPSA) is 72.8 Å². The molecule has 0 saturated heterocycles. The van der Waals surface area contributed by atoms with Gasteiger partial charge in [0.1, 0.15) is 0 Å². The highest BCUT2D eigenvalue weighted by atomic mass is 16.8. The lowest BCUT2D eigenvalue weighted by molar-refractivity contribution is -0.332. The summed E-state index contributed by atoms with van der Waals surface area (Å²) in [6.45, 7) is 5.82. The first-order chi connectivity index (χ1) is 10.5. The molecule has 22 heavy (non-hydrogen) atoms. The minimum atomic E-state index is -0.503. The molecule has 0 aromatic rings. The van der Waals surface area contributed by atoms with Gasteiger partial charge in [-0.3, -0.25) is 15.2 Å². The zero-order valence-electron chi connectivity index (χ0n) is 14.7. The van der Waals surface area contributed by atoms with Gasteiger partial charge in [0.25, 0.3) is 0 Å². The van der Waals surface area contributed by atoms with Crippen molar-refractivity contribution in [2.24, 2.45) is 0 Å². The van der Waals surface area contributed by atoms with E-state index in [9.17, 15) is 4.79 Å².